The lowest BCUT2D eigenvalue weighted by atomic mass is 10.3. The lowest BCUT2D eigenvalue weighted by Gasteiger charge is -2.14. The number of rotatable bonds is 11. The highest BCUT2D eigenvalue weighted by Gasteiger charge is 2.10. The van der Waals surface area contributed by atoms with Gasteiger partial charge in [0.1, 0.15) is 6.61 Å². The van der Waals surface area contributed by atoms with Gasteiger partial charge in [0, 0.05) is 6.54 Å². The van der Waals surface area contributed by atoms with Crippen LogP contribution in [0.2, 0.25) is 0 Å². The number of benzene rings is 1. The van der Waals surface area contributed by atoms with Crippen LogP contribution in [0.15, 0.2) is 18.2 Å². The van der Waals surface area contributed by atoms with Gasteiger partial charge in [-0.3, -0.25) is 0 Å². The number of methoxy groups -OCH3 is 2. The van der Waals surface area contributed by atoms with E-state index in [1.54, 1.807) is 14.2 Å². The first-order chi connectivity index (χ1) is 9.83. The topological polar surface area (TPSA) is 72.2 Å². The van der Waals surface area contributed by atoms with E-state index >= 15 is 0 Å². The van der Waals surface area contributed by atoms with Crippen molar-refractivity contribution >= 4 is 0 Å². The fourth-order valence-corrected chi connectivity index (χ4v) is 1.57. The monoisotopic (exact) mass is 285 g/mol. The van der Waals surface area contributed by atoms with Crippen molar-refractivity contribution < 1.29 is 23.7 Å². The van der Waals surface area contributed by atoms with E-state index in [4.69, 9.17) is 29.4 Å². The second-order valence-electron chi connectivity index (χ2n) is 3.85. The van der Waals surface area contributed by atoms with Gasteiger partial charge in [-0.15, -0.1) is 0 Å². The minimum Gasteiger partial charge on any atom is -0.493 e. The van der Waals surface area contributed by atoms with Crippen LogP contribution in [0, 0.1) is 0 Å². The SMILES string of the molecule is COc1cccc(OC)c1OCCOCCOCCN. The fraction of sp³-hybridized carbons (Fsp3) is 0.571. The molecule has 0 fully saturated rings. The summed E-state index contributed by atoms with van der Waals surface area (Å²) in [4.78, 5) is 0. The number of para-hydroxylation sites is 1. The summed E-state index contributed by atoms with van der Waals surface area (Å²) < 4.78 is 26.7. The number of nitrogens with two attached hydrogens (primary N) is 1. The predicted molar refractivity (Wildman–Crippen MR) is 75.7 cm³/mol. The zero-order chi connectivity index (χ0) is 14.6. The Balaban J connectivity index is 2.27. The van der Waals surface area contributed by atoms with Gasteiger partial charge >= 0.3 is 0 Å². The van der Waals surface area contributed by atoms with Crippen LogP contribution in [-0.4, -0.2) is 53.8 Å². The Morgan fingerprint density at radius 2 is 1.40 bits per heavy atom. The zero-order valence-corrected chi connectivity index (χ0v) is 12.1. The molecule has 0 saturated heterocycles. The smallest absolute Gasteiger partial charge is 0.203 e. The molecular weight excluding hydrogens is 262 g/mol. The lowest BCUT2D eigenvalue weighted by Crippen LogP contribution is -2.14. The molecule has 0 aliphatic carbocycles. The molecule has 0 atom stereocenters. The Hall–Kier alpha value is -1.50. The highest BCUT2D eigenvalue weighted by Crippen LogP contribution is 2.36. The van der Waals surface area contributed by atoms with Crippen LogP contribution < -0.4 is 19.9 Å². The van der Waals surface area contributed by atoms with Crippen molar-refractivity contribution in [3.8, 4) is 17.2 Å². The zero-order valence-electron chi connectivity index (χ0n) is 12.1. The van der Waals surface area contributed by atoms with Gasteiger partial charge in [0.2, 0.25) is 5.75 Å². The van der Waals surface area contributed by atoms with Crippen LogP contribution >= 0.6 is 0 Å². The van der Waals surface area contributed by atoms with Crippen molar-refractivity contribution in [3.05, 3.63) is 18.2 Å². The molecule has 0 spiro atoms. The molecule has 0 unspecified atom stereocenters. The largest absolute Gasteiger partial charge is 0.493 e. The van der Waals surface area contributed by atoms with E-state index in [2.05, 4.69) is 0 Å². The second kappa shape index (κ2) is 10.3. The molecule has 6 heteroatoms. The average molecular weight is 285 g/mol. The first kappa shape index (κ1) is 16.6. The lowest BCUT2D eigenvalue weighted by molar-refractivity contribution is 0.0381. The summed E-state index contributed by atoms with van der Waals surface area (Å²) in [5.41, 5.74) is 5.30. The van der Waals surface area contributed by atoms with E-state index in [1.807, 2.05) is 18.2 Å². The molecule has 1 aromatic rings. The molecule has 0 bridgehead atoms. The minimum absolute atomic E-state index is 0.410. The summed E-state index contributed by atoms with van der Waals surface area (Å²) in [7, 11) is 3.18. The minimum atomic E-state index is 0.410. The summed E-state index contributed by atoms with van der Waals surface area (Å²) in [5.74, 6) is 1.85. The molecule has 2 N–H and O–H groups in total. The molecule has 114 valence electrons. The van der Waals surface area contributed by atoms with Gasteiger partial charge in [0.25, 0.3) is 0 Å². The number of hydrogen-bond donors (Lipinski definition) is 1. The molecule has 0 saturated carbocycles. The molecule has 1 rings (SSSR count). The van der Waals surface area contributed by atoms with Crippen LogP contribution in [0.4, 0.5) is 0 Å². The van der Waals surface area contributed by atoms with Gasteiger partial charge in [-0.2, -0.15) is 0 Å². The molecule has 0 amide bonds. The first-order valence-electron chi connectivity index (χ1n) is 6.52. The van der Waals surface area contributed by atoms with E-state index in [0.717, 1.165) is 0 Å². The molecule has 20 heavy (non-hydrogen) atoms. The quantitative estimate of drug-likeness (QED) is 0.613. The Labute approximate surface area is 119 Å². The maximum Gasteiger partial charge on any atom is 0.203 e. The third-order valence-corrected chi connectivity index (χ3v) is 2.49. The highest BCUT2D eigenvalue weighted by molar-refractivity contribution is 5.51. The van der Waals surface area contributed by atoms with E-state index in [0.29, 0.717) is 56.8 Å². The van der Waals surface area contributed by atoms with Crippen molar-refractivity contribution in [2.24, 2.45) is 5.73 Å². The summed E-state index contributed by atoms with van der Waals surface area (Å²) in [5, 5.41) is 0. The Kier molecular flexibility index (Phi) is 8.53. The summed E-state index contributed by atoms with van der Waals surface area (Å²) >= 11 is 0. The predicted octanol–water partition coefficient (Wildman–Crippen LogP) is 1.07. The van der Waals surface area contributed by atoms with Crippen LogP contribution in [0.3, 0.4) is 0 Å². The van der Waals surface area contributed by atoms with Gasteiger partial charge in [-0.05, 0) is 12.1 Å². The molecular formula is C14H23NO5. The van der Waals surface area contributed by atoms with Crippen molar-refractivity contribution in [1.29, 1.82) is 0 Å². The van der Waals surface area contributed by atoms with Crippen molar-refractivity contribution in [3.63, 3.8) is 0 Å². The maximum absolute atomic E-state index is 5.64. The molecule has 0 aromatic heterocycles. The highest BCUT2D eigenvalue weighted by atomic mass is 16.6. The van der Waals surface area contributed by atoms with Crippen LogP contribution in [-0.2, 0) is 9.47 Å². The number of ether oxygens (including phenoxy) is 5. The summed E-state index contributed by atoms with van der Waals surface area (Å²) in [6, 6.07) is 5.48. The first-order valence-corrected chi connectivity index (χ1v) is 6.52. The van der Waals surface area contributed by atoms with E-state index in [-0.39, 0.29) is 0 Å². The van der Waals surface area contributed by atoms with Gasteiger partial charge in [-0.25, -0.2) is 0 Å². The van der Waals surface area contributed by atoms with E-state index < -0.39 is 0 Å². The fourth-order valence-electron chi connectivity index (χ4n) is 1.57. The van der Waals surface area contributed by atoms with Crippen LogP contribution in [0.5, 0.6) is 17.2 Å². The maximum atomic E-state index is 5.64. The third-order valence-electron chi connectivity index (χ3n) is 2.49. The van der Waals surface area contributed by atoms with Crippen molar-refractivity contribution in [2.75, 3.05) is 53.8 Å². The number of hydrogen-bond acceptors (Lipinski definition) is 6. The van der Waals surface area contributed by atoms with Crippen LogP contribution in [0.25, 0.3) is 0 Å². The molecule has 0 radical (unpaired) electrons. The van der Waals surface area contributed by atoms with Gasteiger partial charge in [0.15, 0.2) is 11.5 Å². The van der Waals surface area contributed by atoms with Gasteiger partial charge in [0.05, 0.1) is 40.6 Å². The molecule has 0 aliphatic heterocycles. The Morgan fingerprint density at radius 1 is 0.850 bits per heavy atom. The van der Waals surface area contributed by atoms with Gasteiger partial charge in [-0.1, -0.05) is 6.07 Å². The van der Waals surface area contributed by atoms with E-state index in [9.17, 15) is 0 Å². The Morgan fingerprint density at radius 3 is 1.95 bits per heavy atom. The normalized spacial score (nSPS) is 10.3. The average Bonchev–Trinajstić information content (AvgIpc) is 2.49. The summed E-state index contributed by atoms with van der Waals surface area (Å²) in [6.07, 6.45) is 0. The Bertz CT molecular complexity index is 350. The summed E-state index contributed by atoms with van der Waals surface area (Å²) in [6.45, 7) is 3.01. The van der Waals surface area contributed by atoms with Crippen molar-refractivity contribution in [2.45, 2.75) is 0 Å². The molecule has 1 aromatic carbocycles. The van der Waals surface area contributed by atoms with Gasteiger partial charge < -0.3 is 29.4 Å². The molecule has 0 heterocycles. The second-order valence-corrected chi connectivity index (χ2v) is 3.85. The van der Waals surface area contributed by atoms with Crippen molar-refractivity contribution in [1.82, 2.24) is 0 Å². The standard InChI is InChI=1S/C14H23NO5/c1-16-12-4-3-5-13(17-2)14(12)20-11-10-19-9-8-18-7-6-15/h3-5H,6-11,15H2,1-2H3. The molecule has 6 nitrogen and oxygen atoms in total. The molecule has 0 aliphatic rings. The van der Waals surface area contributed by atoms with E-state index in [1.165, 1.54) is 0 Å². The third kappa shape index (κ3) is 5.64. The van der Waals surface area contributed by atoms with Crippen LogP contribution in [0.1, 0.15) is 0 Å².